The van der Waals surface area contributed by atoms with Crippen LogP contribution in [0.15, 0.2) is 8.96 Å². The molecule has 0 heterocycles. The van der Waals surface area contributed by atoms with Crippen molar-refractivity contribution in [3.63, 3.8) is 0 Å². The van der Waals surface area contributed by atoms with Crippen LogP contribution in [-0.2, 0) is 65.4 Å². The predicted octanol–water partition coefficient (Wildman–Crippen LogP) is 3.88. The van der Waals surface area contributed by atoms with Gasteiger partial charge in [0.05, 0.1) is 0 Å². The number of hydrogen-bond donors (Lipinski definition) is 0. The zero-order valence-corrected chi connectivity index (χ0v) is 15.8. The molecular weight excluding hydrogens is 422 g/mol. The molecule has 0 aromatic rings. The first-order valence-electron chi connectivity index (χ1n) is 2.15. The van der Waals surface area contributed by atoms with Crippen LogP contribution in [-0.4, -0.2) is 0 Å². The Labute approximate surface area is 138 Å². The van der Waals surface area contributed by atoms with Crippen LogP contribution in [0.5, 0.6) is 0 Å². The summed E-state index contributed by atoms with van der Waals surface area (Å²) < 4.78 is 2.60. The Morgan fingerprint density at radius 1 is 0.909 bits per heavy atom. The maximum atomic E-state index is 3.41. The van der Waals surface area contributed by atoms with Crippen LogP contribution in [0.4, 0.5) is 0 Å². The summed E-state index contributed by atoms with van der Waals surface area (Å²) in [4.78, 5) is 0. The number of allylic oxidation sites excluding steroid dienone is 2. The van der Waals surface area contributed by atoms with E-state index in [9.17, 15) is 0 Å². The molecule has 0 saturated carbocycles. The van der Waals surface area contributed by atoms with Crippen LogP contribution in [0.25, 0.3) is 0 Å². The first-order chi connectivity index (χ1) is 3.30. The smallest absolute Gasteiger partial charge is 0 e. The number of hydrogen-bond acceptors (Lipinski definition) is 0. The van der Waals surface area contributed by atoms with Gasteiger partial charge in [-0.05, 0) is 8.96 Å². The molecule has 2 radical (unpaired) electrons. The molecular formula is C7H11Br2Y2-3. The van der Waals surface area contributed by atoms with Crippen molar-refractivity contribution in [1.29, 1.82) is 0 Å². The topological polar surface area (TPSA) is 0 Å². The molecule has 1 aliphatic carbocycles. The Morgan fingerprint density at radius 3 is 1.27 bits per heavy atom. The van der Waals surface area contributed by atoms with Gasteiger partial charge in [-0.15, -0.1) is 12.8 Å². The zero-order chi connectivity index (χ0) is 5.28. The molecule has 0 bridgehead atoms. The summed E-state index contributed by atoms with van der Waals surface area (Å²) in [7, 11) is 0. The van der Waals surface area contributed by atoms with E-state index in [0.29, 0.717) is 0 Å². The van der Waals surface area contributed by atoms with E-state index < -0.39 is 0 Å². The maximum Gasteiger partial charge on any atom is 0 e. The van der Waals surface area contributed by atoms with Gasteiger partial charge in [-0.1, -0.05) is 31.9 Å². The summed E-state index contributed by atoms with van der Waals surface area (Å²) in [5.41, 5.74) is 0. The fourth-order valence-electron chi connectivity index (χ4n) is 0.547. The molecule has 0 nitrogen and oxygen atoms in total. The van der Waals surface area contributed by atoms with E-state index in [1.165, 1.54) is 8.96 Å². The van der Waals surface area contributed by atoms with Crippen molar-refractivity contribution >= 4 is 31.9 Å². The molecule has 0 spiro atoms. The average Bonchev–Trinajstić information content (AvgIpc) is 1.91. The van der Waals surface area contributed by atoms with Crippen molar-refractivity contribution < 1.29 is 65.4 Å². The van der Waals surface area contributed by atoms with Crippen LogP contribution < -0.4 is 0 Å². The van der Waals surface area contributed by atoms with Gasteiger partial charge in [-0.2, -0.15) is 0 Å². The normalized spacial score (nSPS) is 13.6. The van der Waals surface area contributed by atoms with Gasteiger partial charge in [-0.3, -0.25) is 0 Å². The molecule has 0 saturated heterocycles. The Kier molecular flexibility index (Phi) is 27.7. The summed E-state index contributed by atoms with van der Waals surface area (Å²) in [6.07, 6.45) is 4.43. The third kappa shape index (κ3) is 9.22. The molecule has 1 rings (SSSR count). The molecule has 0 fully saturated rings. The van der Waals surface area contributed by atoms with Gasteiger partial charge in [0, 0.05) is 65.4 Å². The average molecular weight is 433 g/mol. The van der Waals surface area contributed by atoms with Gasteiger partial charge in [0.2, 0.25) is 0 Å². The Hall–Kier alpha value is 2.91. The molecule has 0 amide bonds. The van der Waals surface area contributed by atoms with Gasteiger partial charge in [0.1, 0.15) is 0 Å². The molecule has 0 aromatic heterocycles. The monoisotopic (exact) mass is 431 g/mol. The van der Waals surface area contributed by atoms with Gasteiger partial charge in [0.25, 0.3) is 0 Å². The second-order valence-corrected chi connectivity index (χ2v) is 3.42. The quantitative estimate of drug-likeness (QED) is 0.510. The van der Waals surface area contributed by atoms with E-state index >= 15 is 0 Å². The van der Waals surface area contributed by atoms with Crippen molar-refractivity contribution in [3.8, 4) is 0 Å². The minimum absolute atomic E-state index is 0. The number of rotatable bonds is 0. The first-order valence-corrected chi connectivity index (χ1v) is 3.74. The van der Waals surface area contributed by atoms with E-state index in [-0.39, 0.29) is 80.3 Å². The van der Waals surface area contributed by atoms with Gasteiger partial charge < -0.3 is 21.3 Å². The van der Waals surface area contributed by atoms with Gasteiger partial charge >= 0.3 is 0 Å². The molecule has 0 atom stereocenters. The van der Waals surface area contributed by atoms with Crippen molar-refractivity contribution in [2.75, 3.05) is 0 Å². The second-order valence-electron chi connectivity index (χ2n) is 1.51. The van der Waals surface area contributed by atoms with Gasteiger partial charge in [0.15, 0.2) is 0 Å². The minimum atomic E-state index is 0. The molecule has 1 aliphatic rings. The molecule has 0 N–H and O–H groups in total. The van der Waals surface area contributed by atoms with Crippen LogP contribution in [0.2, 0.25) is 0 Å². The van der Waals surface area contributed by atoms with Gasteiger partial charge in [-0.25, -0.2) is 0 Å². The van der Waals surface area contributed by atoms with E-state index in [1.807, 2.05) is 0 Å². The van der Waals surface area contributed by atoms with Crippen LogP contribution in [0.1, 0.15) is 12.8 Å². The second kappa shape index (κ2) is 12.9. The molecule has 0 aliphatic heterocycles. The molecule has 0 unspecified atom stereocenters. The summed E-state index contributed by atoms with van der Waals surface area (Å²) >= 11 is 6.81. The van der Waals surface area contributed by atoms with E-state index in [1.54, 1.807) is 0 Å². The Balaban J connectivity index is -0.0000000612. The maximum absolute atomic E-state index is 3.41. The third-order valence-corrected chi connectivity index (χ3v) is 3.08. The van der Waals surface area contributed by atoms with Crippen LogP contribution in [0, 0.1) is 21.3 Å². The minimum Gasteiger partial charge on any atom is -0.358 e. The Bertz CT molecular complexity index is 101. The number of halogens is 2. The largest absolute Gasteiger partial charge is 0.358 e. The Morgan fingerprint density at radius 2 is 1.18 bits per heavy atom. The van der Waals surface area contributed by atoms with Crippen molar-refractivity contribution in [2.24, 2.45) is 0 Å². The van der Waals surface area contributed by atoms with Crippen molar-refractivity contribution in [1.82, 2.24) is 0 Å². The van der Waals surface area contributed by atoms with E-state index in [2.05, 4.69) is 38.3 Å². The fourth-order valence-corrected chi connectivity index (χ4v) is 1.33. The van der Waals surface area contributed by atoms with Crippen LogP contribution in [0.3, 0.4) is 0 Å². The molecule has 0 aromatic carbocycles. The standard InChI is InChI=1S/C5H5Br2.2CH3.2Y/c6-4-2-1-3-5(4)7;;;;/h1H,2-3H2;2*1H3;;/q3*-1;;. The molecule has 11 heavy (non-hydrogen) atoms. The fraction of sp³-hybridized carbons (Fsp3) is 0.286. The summed E-state index contributed by atoms with van der Waals surface area (Å²) in [6, 6.07) is 0. The van der Waals surface area contributed by atoms with E-state index in [4.69, 9.17) is 0 Å². The predicted molar refractivity (Wildman–Crippen MR) is 51.2 cm³/mol. The zero-order valence-electron chi connectivity index (χ0n) is 6.90. The van der Waals surface area contributed by atoms with Crippen molar-refractivity contribution in [3.05, 3.63) is 30.2 Å². The summed E-state index contributed by atoms with van der Waals surface area (Å²) in [5.74, 6) is 0. The molecule has 4 heteroatoms. The van der Waals surface area contributed by atoms with Crippen LogP contribution >= 0.6 is 31.9 Å². The first kappa shape index (κ1) is 23.6. The third-order valence-electron chi connectivity index (χ3n) is 0.941. The van der Waals surface area contributed by atoms with Crippen molar-refractivity contribution in [2.45, 2.75) is 12.8 Å². The summed E-state index contributed by atoms with van der Waals surface area (Å²) in [5, 5.41) is 0. The molecule has 62 valence electrons. The summed E-state index contributed by atoms with van der Waals surface area (Å²) in [6.45, 7) is 0. The SMILES string of the molecule is BrC1=C(Br)C[CH-]C1.[CH3-].[CH3-].[Y].[Y]. The van der Waals surface area contributed by atoms with E-state index in [0.717, 1.165) is 12.8 Å².